The maximum atomic E-state index is 11.5. The van der Waals surface area contributed by atoms with Crippen molar-refractivity contribution in [3.05, 3.63) is 59.7 Å². The van der Waals surface area contributed by atoms with E-state index in [1.165, 1.54) is 12.5 Å². The van der Waals surface area contributed by atoms with Crippen LogP contribution >= 0.6 is 11.8 Å². The topological polar surface area (TPSA) is 41.5 Å². The Balaban J connectivity index is 2.05. The van der Waals surface area contributed by atoms with Gasteiger partial charge < -0.3 is 5.32 Å². The van der Waals surface area contributed by atoms with Gasteiger partial charge in [0.05, 0.1) is 11.4 Å². The Morgan fingerprint density at radius 1 is 1.14 bits per heavy atom. The summed E-state index contributed by atoms with van der Waals surface area (Å²) in [6.45, 7) is 3.59. The first-order valence-corrected chi connectivity index (χ1v) is 7.70. The van der Waals surface area contributed by atoms with Gasteiger partial charge in [0.25, 0.3) is 0 Å². The molecule has 1 aliphatic rings. The van der Waals surface area contributed by atoms with Crippen LogP contribution in [0.2, 0.25) is 0 Å². The summed E-state index contributed by atoms with van der Waals surface area (Å²) in [5.74, 6) is -0.0494. The fourth-order valence-electron chi connectivity index (χ4n) is 2.24. The van der Waals surface area contributed by atoms with Crippen molar-refractivity contribution in [1.82, 2.24) is 5.32 Å². The molecule has 0 fully saturated rings. The second kappa shape index (κ2) is 5.74. The van der Waals surface area contributed by atoms with Crippen LogP contribution in [0.25, 0.3) is 0 Å². The molecule has 0 saturated carbocycles. The molecular weight excluding hydrogens is 280 g/mol. The van der Waals surface area contributed by atoms with Crippen LogP contribution in [0.4, 0.5) is 5.69 Å². The molecule has 4 heteroatoms. The van der Waals surface area contributed by atoms with Crippen molar-refractivity contribution in [3.8, 4) is 0 Å². The monoisotopic (exact) mass is 296 g/mol. The number of benzene rings is 2. The first kappa shape index (κ1) is 13.9. The van der Waals surface area contributed by atoms with Crippen molar-refractivity contribution in [2.75, 3.05) is 0 Å². The van der Waals surface area contributed by atoms with E-state index in [4.69, 9.17) is 4.99 Å². The van der Waals surface area contributed by atoms with E-state index in [9.17, 15) is 4.79 Å². The summed E-state index contributed by atoms with van der Waals surface area (Å²) < 4.78 is 0. The molecule has 1 atom stereocenters. The highest BCUT2D eigenvalue weighted by molar-refractivity contribution is 8.00. The second-order valence-corrected chi connectivity index (χ2v) is 6.18. The summed E-state index contributed by atoms with van der Waals surface area (Å²) in [5.41, 5.74) is 4.11. The molecule has 1 amide bonds. The zero-order valence-corrected chi connectivity index (χ0v) is 12.8. The van der Waals surface area contributed by atoms with Gasteiger partial charge in [-0.15, -0.1) is 0 Å². The number of hydrogen-bond donors (Lipinski definition) is 1. The number of nitrogens with zero attached hydrogens (tertiary/aromatic N) is 1. The average Bonchev–Trinajstić information content (AvgIpc) is 2.47. The Labute approximate surface area is 128 Å². The molecule has 1 N–H and O–H groups in total. The quantitative estimate of drug-likeness (QED) is 0.918. The number of carbonyl (C=O) groups excluding carboxylic acids is 1. The average molecular weight is 296 g/mol. The molecule has 3 nitrogen and oxygen atoms in total. The number of aliphatic imine (C=N–C) groups is 1. The third-order valence-corrected chi connectivity index (χ3v) is 4.46. The van der Waals surface area contributed by atoms with E-state index in [1.54, 1.807) is 11.8 Å². The summed E-state index contributed by atoms with van der Waals surface area (Å²) in [7, 11) is 0. The number of para-hydroxylation sites is 1. The Bertz CT molecular complexity index is 707. The Morgan fingerprint density at radius 2 is 1.86 bits per heavy atom. The van der Waals surface area contributed by atoms with Crippen LogP contribution in [-0.2, 0) is 4.79 Å². The standard InChI is InChI=1S/C17H16N2OS/c1-11-7-9-13(10-8-11)16-17(18-12(2)20)21-15-6-4-3-5-14(15)19-16/h3-10,17H,1-2H3,(H,18,20). The van der Waals surface area contributed by atoms with Gasteiger partial charge in [0.15, 0.2) is 0 Å². The van der Waals surface area contributed by atoms with Crippen molar-refractivity contribution in [1.29, 1.82) is 0 Å². The Morgan fingerprint density at radius 3 is 2.57 bits per heavy atom. The summed E-state index contributed by atoms with van der Waals surface area (Å²) in [6.07, 6.45) is 0. The predicted octanol–water partition coefficient (Wildman–Crippen LogP) is 3.68. The summed E-state index contributed by atoms with van der Waals surface area (Å²) in [5, 5.41) is 2.83. The van der Waals surface area contributed by atoms with Gasteiger partial charge in [-0.2, -0.15) is 0 Å². The fourth-order valence-corrected chi connectivity index (χ4v) is 3.41. The second-order valence-electron chi connectivity index (χ2n) is 5.03. The fraction of sp³-hybridized carbons (Fsp3) is 0.176. The molecule has 1 aliphatic heterocycles. The van der Waals surface area contributed by atoms with Crippen molar-refractivity contribution in [2.45, 2.75) is 24.1 Å². The van der Waals surface area contributed by atoms with E-state index < -0.39 is 0 Å². The van der Waals surface area contributed by atoms with E-state index in [0.717, 1.165) is 21.9 Å². The van der Waals surface area contributed by atoms with Crippen molar-refractivity contribution < 1.29 is 4.79 Å². The minimum atomic E-state index is -0.153. The van der Waals surface area contributed by atoms with Gasteiger partial charge in [-0.3, -0.25) is 4.79 Å². The minimum absolute atomic E-state index is 0.0494. The molecule has 106 valence electrons. The Hall–Kier alpha value is -2.07. The molecule has 21 heavy (non-hydrogen) atoms. The SMILES string of the molecule is CC(=O)NC1Sc2ccccc2N=C1c1ccc(C)cc1. The number of thioether (sulfide) groups is 1. The lowest BCUT2D eigenvalue weighted by Crippen LogP contribution is -2.38. The van der Waals surface area contributed by atoms with Crippen LogP contribution in [0.3, 0.4) is 0 Å². The van der Waals surface area contributed by atoms with Crippen LogP contribution in [0.15, 0.2) is 58.4 Å². The molecule has 0 radical (unpaired) electrons. The van der Waals surface area contributed by atoms with Crippen molar-refractivity contribution in [3.63, 3.8) is 0 Å². The van der Waals surface area contributed by atoms with Gasteiger partial charge >= 0.3 is 0 Å². The van der Waals surface area contributed by atoms with Crippen LogP contribution in [-0.4, -0.2) is 17.0 Å². The van der Waals surface area contributed by atoms with E-state index in [0.29, 0.717) is 0 Å². The van der Waals surface area contributed by atoms with Gasteiger partial charge in [-0.05, 0) is 24.6 Å². The van der Waals surface area contributed by atoms with Gasteiger partial charge in [0.1, 0.15) is 5.37 Å². The lowest BCUT2D eigenvalue weighted by molar-refractivity contribution is -0.118. The zero-order valence-electron chi connectivity index (χ0n) is 12.0. The number of hydrogen-bond acceptors (Lipinski definition) is 3. The van der Waals surface area contributed by atoms with Gasteiger partial charge in [0.2, 0.25) is 5.91 Å². The molecule has 3 rings (SSSR count). The smallest absolute Gasteiger partial charge is 0.218 e. The summed E-state index contributed by atoms with van der Waals surface area (Å²) in [4.78, 5) is 17.3. The zero-order chi connectivity index (χ0) is 14.8. The van der Waals surface area contributed by atoms with E-state index in [-0.39, 0.29) is 11.3 Å². The predicted molar refractivity (Wildman–Crippen MR) is 87.3 cm³/mol. The van der Waals surface area contributed by atoms with Crippen LogP contribution in [0.1, 0.15) is 18.1 Å². The molecule has 0 bridgehead atoms. The van der Waals surface area contributed by atoms with Gasteiger partial charge in [0, 0.05) is 11.8 Å². The van der Waals surface area contributed by atoms with Gasteiger partial charge in [-0.25, -0.2) is 4.99 Å². The molecule has 0 aromatic heterocycles. The first-order valence-electron chi connectivity index (χ1n) is 6.82. The molecule has 2 aromatic rings. The normalized spacial score (nSPS) is 16.9. The maximum Gasteiger partial charge on any atom is 0.218 e. The highest BCUT2D eigenvalue weighted by Crippen LogP contribution is 2.38. The lowest BCUT2D eigenvalue weighted by Gasteiger charge is -2.25. The van der Waals surface area contributed by atoms with Crippen LogP contribution in [0.5, 0.6) is 0 Å². The lowest BCUT2D eigenvalue weighted by atomic mass is 10.1. The van der Waals surface area contributed by atoms with E-state index in [1.807, 2.05) is 24.3 Å². The maximum absolute atomic E-state index is 11.5. The van der Waals surface area contributed by atoms with Crippen molar-refractivity contribution >= 4 is 29.1 Å². The molecule has 0 aliphatic carbocycles. The number of rotatable bonds is 2. The molecule has 0 spiro atoms. The largest absolute Gasteiger partial charge is 0.339 e. The summed E-state index contributed by atoms with van der Waals surface area (Å²) >= 11 is 1.63. The molecular formula is C17H16N2OS. The number of fused-ring (bicyclic) bond motifs is 1. The third-order valence-electron chi connectivity index (χ3n) is 3.28. The van der Waals surface area contributed by atoms with Crippen LogP contribution < -0.4 is 5.32 Å². The van der Waals surface area contributed by atoms with E-state index >= 15 is 0 Å². The third kappa shape index (κ3) is 3.00. The van der Waals surface area contributed by atoms with E-state index in [2.05, 4.69) is 36.5 Å². The molecule has 1 unspecified atom stereocenters. The number of amides is 1. The Kier molecular flexibility index (Phi) is 3.80. The summed E-state index contributed by atoms with van der Waals surface area (Å²) in [6, 6.07) is 16.2. The molecule has 1 heterocycles. The molecule has 2 aromatic carbocycles. The number of carbonyl (C=O) groups is 1. The van der Waals surface area contributed by atoms with Crippen LogP contribution in [0, 0.1) is 6.92 Å². The molecule has 0 saturated heterocycles. The highest BCUT2D eigenvalue weighted by Gasteiger charge is 2.25. The van der Waals surface area contributed by atoms with Gasteiger partial charge in [-0.1, -0.05) is 53.7 Å². The number of aryl methyl sites for hydroxylation is 1. The minimum Gasteiger partial charge on any atom is -0.339 e. The van der Waals surface area contributed by atoms with Crippen molar-refractivity contribution in [2.24, 2.45) is 4.99 Å². The first-order chi connectivity index (χ1) is 10.1. The highest BCUT2D eigenvalue weighted by atomic mass is 32.2. The number of nitrogens with one attached hydrogen (secondary N) is 1.